The van der Waals surface area contributed by atoms with Crippen LogP contribution in [-0.4, -0.2) is 46.1 Å². The zero-order valence-electron chi connectivity index (χ0n) is 22.5. The Balaban J connectivity index is 1.59. The fraction of sp³-hybridized carbons (Fsp3) is 0.214. The van der Waals surface area contributed by atoms with Gasteiger partial charge in [-0.3, -0.25) is 0 Å². The molecule has 0 aliphatic heterocycles. The number of aryl methyl sites for hydroxylation is 1. The standard InChI is InChI=1S/C28H32N6O5S/c1-17-12-20(29)4-9-23(17)34(21-5-7-22(8-6-21)40(35)36)10-11-39-26-24(37-2)14-18(15-25(26)38-3)13-19-16-32-28(31)33-27(19)30/h4-9,12,14-16H,10-11,13,29H2,1-3H3,(H,35,36)(H4,30,31,32,33). The lowest BCUT2D eigenvalue weighted by Crippen LogP contribution is -2.24. The molecule has 1 aromatic heterocycles. The Morgan fingerprint density at radius 2 is 1.65 bits per heavy atom. The maximum Gasteiger partial charge on any atom is 0.221 e. The van der Waals surface area contributed by atoms with E-state index in [-0.39, 0.29) is 12.6 Å². The normalized spacial score (nSPS) is 11.6. The average Bonchev–Trinajstić information content (AvgIpc) is 2.93. The summed E-state index contributed by atoms with van der Waals surface area (Å²) in [5, 5.41) is 0. The molecule has 0 aliphatic carbocycles. The topological polar surface area (TPSA) is 172 Å². The van der Waals surface area contributed by atoms with Crippen molar-refractivity contribution in [3.05, 3.63) is 77.5 Å². The summed E-state index contributed by atoms with van der Waals surface area (Å²) in [5.41, 5.74) is 22.6. The third kappa shape index (κ3) is 6.53. The van der Waals surface area contributed by atoms with Crippen molar-refractivity contribution >= 4 is 39.9 Å². The van der Waals surface area contributed by atoms with Gasteiger partial charge < -0.3 is 40.9 Å². The second kappa shape index (κ2) is 12.5. The van der Waals surface area contributed by atoms with E-state index in [2.05, 4.69) is 14.9 Å². The summed E-state index contributed by atoms with van der Waals surface area (Å²) in [6.07, 6.45) is 2.04. The Hall–Kier alpha value is -4.55. The molecule has 1 heterocycles. The van der Waals surface area contributed by atoms with Gasteiger partial charge in [-0.25, -0.2) is 9.19 Å². The van der Waals surface area contributed by atoms with Gasteiger partial charge in [-0.2, -0.15) is 4.98 Å². The number of nitrogens with two attached hydrogens (primary N) is 3. The lowest BCUT2D eigenvalue weighted by Gasteiger charge is -2.27. The number of methoxy groups -OCH3 is 2. The minimum Gasteiger partial charge on any atom is -0.493 e. The second-order valence-corrected chi connectivity index (χ2v) is 9.90. The maximum absolute atomic E-state index is 11.5. The molecule has 11 nitrogen and oxygen atoms in total. The second-order valence-electron chi connectivity index (χ2n) is 8.93. The Kier molecular flexibility index (Phi) is 8.92. The molecular formula is C28H32N6O5S. The largest absolute Gasteiger partial charge is 0.493 e. The van der Waals surface area contributed by atoms with Crippen molar-refractivity contribution in [1.29, 1.82) is 0 Å². The molecule has 0 saturated carbocycles. The smallest absolute Gasteiger partial charge is 0.221 e. The number of hydrogen-bond donors (Lipinski definition) is 4. The highest BCUT2D eigenvalue weighted by molar-refractivity contribution is 7.79. The molecule has 4 rings (SSSR count). The summed E-state index contributed by atoms with van der Waals surface area (Å²) in [5.74, 6) is 1.86. The molecule has 0 saturated heterocycles. The first-order valence-electron chi connectivity index (χ1n) is 12.3. The molecule has 12 heteroatoms. The molecule has 0 amide bonds. The van der Waals surface area contributed by atoms with E-state index >= 15 is 0 Å². The molecule has 0 fully saturated rings. The van der Waals surface area contributed by atoms with Gasteiger partial charge in [0.2, 0.25) is 11.7 Å². The van der Waals surface area contributed by atoms with Crippen LogP contribution in [-0.2, 0) is 17.5 Å². The van der Waals surface area contributed by atoms with Gasteiger partial charge in [-0.15, -0.1) is 0 Å². The highest BCUT2D eigenvalue weighted by Gasteiger charge is 2.18. The molecule has 1 unspecified atom stereocenters. The summed E-state index contributed by atoms with van der Waals surface area (Å²) in [6, 6.07) is 16.2. The summed E-state index contributed by atoms with van der Waals surface area (Å²) in [4.78, 5) is 10.4. The van der Waals surface area contributed by atoms with E-state index in [1.165, 1.54) is 0 Å². The van der Waals surface area contributed by atoms with Gasteiger partial charge in [0.05, 0.1) is 25.7 Å². The molecule has 210 valence electrons. The minimum atomic E-state index is -2.06. The number of benzene rings is 3. The third-order valence-corrected chi connectivity index (χ3v) is 6.93. The lowest BCUT2D eigenvalue weighted by molar-refractivity contribution is 0.281. The van der Waals surface area contributed by atoms with E-state index in [1.54, 1.807) is 44.7 Å². The van der Waals surface area contributed by atoms with Crippen molar-refractivity contribution in [3.63, 3.8) is 0 Å². The monoisotopic (exact) mass is 564 g/mol. The fourth-order valence-corrected chi connectivity index (χ4v) is 4.69. The molecule has 0 bridgehead atoms. The summed E-state index contributed by atoms with van der Waals surface area (Å²) in [6.45, 7) is 2.68. The van der Waals surface area contributed by atoms with E-state index in [4.69, 9.17) is 31.4 Å². The van der Waals surface area contributed by atoms with Gasteiger partial charge in [0.15, 0.2) is 22.6 Å². The van der Waals surface area contributed by atoms with Crippen LogP contribution in [0, 0.1) is 6.92 Å². The first kappa shape index (κ1) is 28.5. The Labute approximate surface area is 235 Å². The van der Waals surface area contributed by atoms with Gasteiger partial charge in [-0.1, -0.05) is 0 Å². The number of hydrogen-bond acceptors (Lipinski definition) is 10. The van der Waals surface area contributed by atoms with Crippen molar-refractivity contribution in [2.24, 2.45) is 0 Å². The van der Waals surface area contributed by atoms with Crippen LogP contribution in [0.5, 0.6) is 17.2 Å². The van der Waals surface area contributed by atoms with E-state index < -0.39 is 11.1 Å². The van der Waals surface area contributed by atoms with Gasteiger partial charge in [-0.05, 0) is 72.6 Å². The third-order valence-electron chi connectivity index (χ3n) is 6.25. The molecule has 0 aliphatic rings. The minimum absolute atomic E-state index is 0.114. The van der Waals surface area contributed by atoms with Crippen LogP contribution in [0.3, 0.4) is 0 Å². The Morgan fingerprint density at radius 1 is 0.975 bits per heavy atom. The van der Waals surface area contributed by atoms with Crippen LogP contribution in [0.4, 0.5) is 28.8 Å². The quantitative estimate of drug-likeness (QED) is 0.154. The zero-order valence-corrected chi connectivity index (χ0v) is 23.3. The van der Waals surface area contributed by atoms with Gasteiger partial charge in [0.1, 0.15) is 12.4 Å². The first-order valence-corrected chi connectivity index (χ1v) is 13.4. The molecule has 40 heavy (non-hydrogen) atoms. The van der Waals surface area contributed by atoms with Crippen LogP contribution < -0.4 is 36.3 Å². The molecule has 7 N–H and O–H groups in total. The predicted octanol–water partition coefficient (Wildman–Crippen LogP) is 3.94. The summed E-state index contributed by atoms with van der Waals surface area (Å²) in [7, 11) is 3.12. The maximum atomic E-state index is 11.5. The van der Waals surface area contributed by atoms with Gasteiger partial charge >= 0.3 is 0 Å². The molecule has 4 aromatic rings. The molecular weight excluding hydrogens is 532 g/mol. The van der Waals surface area contributed by atoms with Crippen LogP contribution >= 0.6 is 0 Å². The molecule has 0 spiro atoms. The van der Waals surface area contributed by atoms with Crippen LogP contribution in [0.25, 0.3) is 0 Å². The number of nitrogen functional groups attached to an aromatic ring is 3. The Bertz CT molecular complexity index is 1490. The summed E-state index contributed by atoms with van der Waals surface area (Å²) >= 11 is -2.06. The van der Waals surface area contributed by atoms with Crippen molar-refractivity contribution < 1.29 is 23.0 Å². The lowest BCUT2D eigenvalue weighted by atomic mass is 10.1. The number of aromatic nitrogens is 2. The highest BCUT2D eigenvalue weighted by Crippen LogP contribution is 2.39. The molecule has 3 aromatic carbocycles. The number of anilines is 5. The SMILES string of the molecule is COc1cc(Cc2cnc(N)nc2N)cc(OC)c1OCCN(c1ccc(S(=O)O)cc1)c1ccc(N)cc1C. The van der Waals surface area contributed by atoms with E-state index in [0.717, 1.165) is 28.1 Å². The zero-order chi connectivity index (χ0) is 28.8. The van der Waals surface area contributed by atoms with Gasteiger partial charge in [0, 0.05) is 35.2 Å². The van der Waals surface area contributed by atoms with E-state index in [0.29, 0.717) is 46.6 Å². The van der Waals surface area contributed by atoms with Crippen molar-refractivity contribution in [2.75, 3.05) is 49.5 Å². The van der Waals surface area contributed by atoms with E-state index in [1.807, 2.05) is 37.3 Å². The van der Waals surface area contributed by atoms with Crippen molar-refractivity contribution in [2.45, 2.75) is 18.2 Å². The van der Waals surface area contributed by atoms with Crippen LogP contribution in [0.2, 0.25) is 0 Å². The van der Waals surface area contributed by atoms with E-state index in [9.17, 15) is 8.76 Å². The molecule has 1 atom stereocenters. The highest BCUT2D eigenvalue weighted by atomic mass is 32.2. The molecule has 0 radical (unpaired) electrons. The van der Waals surface area contributed by atoms with Crippen LogP contribution in [0.1, 0.15) is 16.7 Å². The number of nitrogens with zero attached hydrogens (tertiary/aromatic N) is 3. The number of rotatable bonds is 11. The van der Waals surface area contributed by atoms with Crippen LogP contribution in [0.15, 0.2) is 65.7 Å². The average molecular weight is 565 g/mol. The summed E-state index contributed by atoms with van der Waals surface area (Å²) < 4.78 is 38.4. The van der Waals surface area contributed by atoms with Crippen molar-refractivity contribution in [3.8, 4) is 17.2 Å². The van der Waals surface area contributed by atoms with Crippen molar-refractivity contribution in [1.82, 2.24) is 9.97 Å². The fourth-order valence-electron chi connectivity index (χ4n) is 4.32. The predicted molar refractivity (Wildman–Crippen MR) is 157 cm³/mol. The number of ether oxygens (including phenoxy) is 3. The first-order chi connectivity index (χ1) is 19.2. The Morgan fingerprint density at radius 3 is 2.23 bits per heavy atom. The van der Waals surface area contributed by atoms with Gasteiger partial charge in [0.25, 0.3) is 0 Å².